The first kappa shape index (κ1) is 20.6. The van der Waals surface area contributed by atoms with E-state index in [1.54, 1.807) is 0 Å². The number of phenolic OH excluding ortho intramolecular Hbond substituents is 1. The molecule has 0 bridgehead atoms. The van der Waals surface area contributed by atoms with Crippen LogP contribution in [0.5, 0.6) is 5.75 Å². The number of rotatable bonds is 6. The van der Waals surface area contributed by atoms with Crippen molar-refractivity contribution in [3.05, 3.63) is 47.8 Å². The Morgan fingerprint density at radius 3 is 2.48 bits per heavy atom. The quantitative estimate of drug-likeness (QED) is 0.591. The fourth-order valence-electron chi connectivity index (χ4n) is 2.94. The number of ether oxygens (including phenoxy) is 1. The zero-order valence-corrected chi connectivity index (χ0v) is 16.7. The first-order valence-corrected chi connectivity index (χ1v) is 10.3. The van der Waals surface area contributed by atoms with Gasteiger partial charge in [0.25, 0.3) is 5.91 Å². The number of furan rings is 1. The molecule has 154 valence electrons. The van der Waals surface area contributed by atoms with Crippen LogP contribution in [0.1, 0.15) is 10.4 Å². The Labute approximate surface area is 166 Å². The highest BCUT2D eigenvalue weighted by atomic mass is 32.2. The molecule has 0 aliphatic heterocycles. The highest BCUT2D eigenvalue weighted by molar-refractivity contribution is 7.92. The second-order valence-corrected chi connectivity index (χ2v) is 8.17. The number of carbonyl (C=O) groups is 1. The average molecular weight is 422 g/mol. The normalized spacial score (nSPS) is 11.6. The second-order valence-electron chi connectivity index (χ2n) is 6.26. The molecule has 2 aromatic carbocycles. The lowest BCUT2D eigenvalue weighted by Gasteiger charge is -2.22. The molecule has 0 aliphatic carbocycles. The van der Waals surface area contributed by atoms with Gasteiger partial charge in [0, 0.05) is 31.2 Å². The minimum absolute atomic E-state index is 0.0651. The van der Waals surface area contributed by atoms with Crippen LogP contribution in [0.4, 0.5) is 10.1 Å². The third-order valence-electron chi connectivity index (χ3n) is 4.26. The van der Waals surface area contributed by atoms with Crippen molar-refractivity contribution < 1.29 is 31.9 Å². The largest absolute Gasteiger partial charge is 0.506 e. The van der Waals surface area contributed by atoms with E-state index in [1.165, 1.54) is 50.6 Å². The Balaban J connectivity index is 2.29. The molecule has 3 aromatic rings. The van der Waals surface area contributed by atoms with Crippen LogP contribution in [0.15, 0.2) is 40.8 Å². The van der Waals surface area contributed by atoms with Crippen LogP contribution >= 0.6 is 0 Å². The van der Waals surface area contributed by atoms with Gasteiger partial charge in [-0.25, -0.2) is 17.1 Å². The molecular weight excluding hydrogens is 403 g/mol. The molecule has 0 saturated heterocycles. The lowest BCUT2D eigenvalue weighted by atomic mass is 10.0. The van der Waals surface area contributed by atoms with Crippen LogP contribution in [0, 0.1) is 5.82 Å². The lowest BCUT2D eigenvalue weighted by Crippen LogP contribution is -2.31. The molecule has 0 spiro atoms. The summed E-state index contributed by atoms with van der Waals surface area (Å²) in [5.74, 6) is -1.15. The Bertz CT molecular complexity index is 1170. The van der Waals surface area contributed by atoms with E-state index in [4.69, 9.17) is 9.15 Å². The van der Waals surface area contributed by atoms with Crippen molar-refractivity contribution in [2.45, 2.75) is 0 Å². The summed E-state index contributed by atoms with van der Waals surface area (Å²) in [5, 5.41) is 13.3. The Morgan fingerprint density at radius 2 is 1.93 bits per heavy atom. The van der Waals surface area contributed by atoms with Crippen molar-refractivity contribution in [3.63, 3.8) is 0 Å². The lowest BCUT2D eigenvalue weighted by molar-refractivity contribution is 0.0964. The van der Waals surface area contributed by atoms with Crippen LogP contribution in [0.25, 0.3) is 22.3 Å². The number of methoxy groups -OCH3 is 1. The van der Waals surface area contributed by atoms with Gasteiger partial charge in [0.05, 0.1) is 17.5 Å². The van der Waals surface area contributed by atoms with Gasteiger partial charge in [0.15, 0.2) is 0 Å². The third kappa shape index (κ3) is 3.89. The van der Waals surface area contributed by atoms with E-state index >= 15 is 0 Å². The molecule has 1 aromatic heterocycles. The number of hydrogen-bond acceptors (Lipinski definition) is 6. The molecule has 0 unspecified atom stereocenters. The number of sulfonamides is 1. The van der Waals surface area contributed by atoms with Gasteiger partial charge in [-0.05, 0) is 30.3 Å². The fraction of sp³-hybridized carbons (Fsp3) is 0.211. The Hall–Kier alpha value is -3.11. The standard InChI is InChI=1S/C19H19FN2O6S/c1-21-19(24)17-13-8-15(23)14(22(10-27-2)29(3,25)26)9-16(13)28-18(17)11-4-6-12(20)7-5-11/h4-9,23H,10H2,1-3H3,(H,21,24). The van der Waals surface area contributed by atoms with Gasteiger partial charge in [0.2, 0.25) is 10.0 Å². The van der Waals surface area contributed by atoms with Crippen molar-refractivity contribution in [1.82, 2.24) is 5.32 Å². The molecule has 0 aliphatic rings. The number of nitrogens with one attached hydrogen (secondary N) is 1. The van der Waals surface area contributed by atoms with E-state index in [0.29, 0.717) is 5.56 Å². The number of nitrogens with zero attached hydrogens (tertiary/aromatic N) is 1. The summed E-state index contributed by atoms with van der Waals surface area (Å²) >= 11 is 0. The van der Waals surface area contributed by atoms with Crippen LogP contribution < -0.4 is 9.62 Å². The highest BCUT2D eigenvalue weighted by Crippen LogP contribution is 2.40. The van der Waals surface area contributed by atoms with E-state index in [0.717, 1.165) is 10.6 Å². The van der Waals surface area contributed by atoms with Crippen LogP contribution in [-0.2, 0) is 14.8 Å². The number of fused-ring (bicyclic) bond motifs is 1. The van der Waals surface area contributed by atoms with Crippen molar-refractivity contribution in [3.8, 4) is 17.1 Å². The molecule has 0 fully saturated rings. The van der Waals surface area contributed by atoms with Gasteiger partial charge in [-0.1, -0.05) is 0 Å². The van der Waals surface area contributed by atoms with Crippen molar-refractivity contribution >= 4 is 32.6 Å². The molecule has 3 rings (SSSR count). The topological polar surface area (TPSA) is 109 Å². The minimum Gasteiger partial charge on any atom is -0.506 e. The van der Waals surface area contributed by atoms with Crippen LogP contribution in [-0.4, -0.2) is 46.6 Å². The van der Waals surface area contributed by atoms with E-state index < -0.39 is 21.7 Å². The van der Waals surface area contributed by atoms with Gasteiger partial charge < -0.3 is 19.6 Å². The maximum atomic E-state index is 13.3. The summed E-state index contributed by atoms with van der Waals surface area (Å²) in [6, 6.07) is 7.91. The molecule has 0 atom stereocenters. The molecule has 0 radical (unpaired) electrons. The van der Waals surface area contributed by atoms with Crippen molar-refractivity contribution in [1.29, 1.82) is 0 Å². The van der Waals surface area contributed by atoms with E-state index in [-0.39, 0.29) is 40.5 Å². The average Bonchev–Trinajstić information content (AvgIpc) is 3.03. The fourth-order valence-corrected chi connectivity index (χ4v) is 3.74. The Morgan fingerprint density at radius 1 is 1.28 bits per heavy atom. The summed E-state index contributed by atoms with van der Waals surface area (Å²) in [6.07, 6.45) is 0.970. The van der Waals surface area contributed by atoms with Crippen molar-refractivity contribution in [2.24, 2.45) is 0 Å². The zero-order valence-electron chi connectivity index (χ0n) is 15.9. The maximum Gasteiger partial charge on any atom is 0.255 e. The smallest absolute Gasteiger partial charge is 0.255 e. The monoisotopic (exact) mass is 422 g/mol. The SMILES string of the molecule is CNC(=O)c1c(-c2ccc(F)cc2)oc2cc(N(COC)S(C)(=O)=O)c(O)cc12. The maximum absolute atomic E-state index is 13.3. The molecular formula is C19H19FN2O6S. The van der Waals surface area contributed by atoms with Gasteiger partial charge >= 0.3 is 0 Å². The second kappa shape index (κ2) is 7.72. The molecule has 1 amide bonds. The molecule has 10 heteroatoms. The van der Waals surface area contributed by atoms with Gasteiger partial charge in [-0.15, -0.1) is 0 Å². The number of benzene rings is 2. The molecule has 2 N–H and O–H groups in total. The highest BCUT2D eigenvalue weighted by Gasteiger charge is 2.26. The zero-order chi connectivity index (χ0) is 21.3. The number of carbonyl (C=O) groups excluding carboxylic acids is 1. The summed E-state index contributed by atoms with van der Waals surface area (Å²) in [6.45, 7) is -0.328. The summed E-state index contributed by atoms with van der Waals surface area (Å²) in [4.78, 5) is 12.5. The molecule has 0 saturated carbocycles. The van der Waals surface area contributed by atoms with Gasteiger partial charge in [-0.2, -0.15) is 0 Å². The first-order chi connectivity index (χ1) is 13.7. The van der Waals surface area contributed by atoms with Crippen LogP contribution in [0.2, 0.25) is 0 Å². The summed E-state index contributed by atoms with van der Waals surface area (Å²) in [5.41, 5.74) is 0.679. The summed E-state index contributed by atoms with van der Waals surface area (Å²) in [7, 11) is -1.01. The van der Waals surface area contributed by atoms with Crippen molar-refractivity contribution in [2.75, 3.05) is 31.4 Å². The number of aromatic hydroxyl groups is 1. The minimum atomic E-state index is -3.77. The first-order valence-electron chi connectivity index (χ1n) is 8.41. The number of halogens is 1. The number of amides is 1. The number of anilines is 1. The summed E-state index contributed by atoms with van der Waals surface area (Å²) < 4.78 is 49.1. The van der Waals surface area contributed by atoms with Gasteiger partial charge in [-0.3, -0.25) is 4.79 Å². The predicted molar refractivity (Wildman–Crippen MR) is 106 cm³/mol. The predicted octanol–water partition coefficient (Wildman–Crippen LogP) is 2.67. The molecule has 29 heavy (non-hydrogen) atoms. The molecule has 8 nitrogen and oxygen atoms in total. The van der Waals surface area contributed by atoms with E-state index in [2.05, 4.69) is 5.32 Å². The number of phenols is 1. The van der Waals surface area contributed by atoms with Crippen LogP contribution in [0.3, 0.4) is 0 Å². The van der Waals surface area contributed by atoms with Gasteiger partial charge in [0.1, 0.15) is 29.6 Å². The van der Waals surface area contributed by atoms with E-state index in [9.17, 15) is 22.7 Å². The Kier molecular flexibility index (Phi) is 5.49. The third-order valence-corrected chi connectivity index (χ3v) is 5.36. The van der Waals surface area contributed by atoms with E-state index in [1.807, 2.05) is 0 Å². The molecule has 1 heterocycles. The number of hydrogen-bond donors (Lipinski definition) is 2.